The van der Waals surface area contributed by atoms with Crippen LogP contribution >= 0.6 is 11.6 Å². The maximum atomic E-state index is 5.96. The van der Waals surface area contributed by atoms with Gasteiger partial charge in [0.25, 0.3) is 0 Å². The van der Waals surface area contributed by atoms with Crippen molar-refractivity contribution in [2.75, 3.05) is 0 Å². The van der Waals surface area contributed by atoms with Crippen molar-refractivity contribution in [3.63, 3.8) is 0 Å². The zero-order chi connectivity index (χ0) is 8.97. The van der Waals surface area contributed by atoms with Crippen molar-refractivity contribution < 1.29 is 0 Å². The maximum Gasteiger partial charge on any atom is 0.129 e. The van der Waals surface area contributed by atoms with E-state index in [0.29, 0.717) is 0 Å². The van der Waals surface area contributed by atoms with E-state index in [2.05, 4.69) is 16.9 Å². The van der Waals surface area contributed by atoms with E-state index in [0.717, 1.165) is 24.2 Å². The Morgan fingerprint density at radius 2 is 2.00 bits per heavy atom. The molecule has 1 atom stereocenters. The van der Waals surface area contributed by atoms with Gasteiger partial charge < -0.3 is 0 Å². The summed E-state index contributed by atoms with van der Waals surface area (Å²) >= 11 is 5.96. The van der Waals surface area contributed by atoms with Crippen LogP contribution in [0.2, 0.25) is 0 Å². The van der Waals surface area contributed by atoms with Crippen LogP contribution in [0.15, 0.2) is 12.4 Å². The molecule has 0 spiro atoms. The first-order valence-electron chi connectivity index (χ1n) is 4.14. The molecule has 0 radical (unpaired) electrons. The van der Waals surface area contributed by atoms with Gasteiger partial charge in [0.05, 0.1) is 0 Å². The van der Waals surface area contributed by atoms with Crippen LogP contribution in [0.1, 0.15) is 24.7 Å². The van der Waals surface area contributed by atoms with Gasteiger partial charge in [-0.25, -0.2) is 9.97 Å². The largest absolute Gasteiger partial charge is 0.241 e. The molecule has 1 unspecified atom stereocenters. The molecule has 0 aliphatic heterocycles. The van der Waals surface area contributed by atoms with Crippen molar-refractivity contribution >= 4 is 11.6 Å². The van der Waals surface area contributed by atoms with Gasteiger partial charge in [-0.1, -0.05) is 6.92 Å². The Hall–Kier alpha value is -0.630. The van der Waals surface area contributed by atoms with Crippen LogP contribution in [-0.4, -0.2) is 15.3 Å². The minimum absolute atomic E-state index is 0.160. The lowest BCUT2D eigenvalue weighted by atomic mass is 10.2. The van der Waals surface area contributed by atoms with Crippen molar-refractivity contribution in [1.29, 1.82) is 0 Å². The van der Waals surface area contributed by atoms with Gasteiger partial charge in [0.1, 0.15) is 5.82 Å². The van der Waals surface area contributed by atoms with E-state index >= 15 is 0 Å². The number of aryl methyl sites for hydroxylation is 1. The smallest absolute Gasteiger partial charge is 0.129 e. The van der Waals surface area contributed by atoms with E-state index in [9.17, 15) is 0 Å². The summed E-state index contributed by atoms with van der Waals surface area (Å²) in [6.07, 6.45) is 5.36. The third kappa shape index (κ3) is 2.78. The molecule has 1 aromatic heterocycles. The zero-order valence-corrected chi connectivity index (χ0v) is 8.17. The summed E-state index contributed by atoms with van der Waals surface area (Å²) in [5, 5.41) is 0.160. The van der Waals surface area contributed by atoms with Gasteiger partial charge in [0.15, 0.2) is 0 Å². The second-order valence-electron chi connectivity index (χ2n) is 2.89. The van der Waals surface area contributed by atoms with Gasteiger partial charge in [-0.2, -0.15) is 0 Å². The first-order chi connectivity index (χ1) is 5.72. The Morgan fingerprint density at radius 3 is 2.50 bits per heavy atom. The standard InChI is InChI=1S/C9H13ClN2/c1-3-8(10)4-9-11-5-7(2)6-12-9/h5-6,8H,3-4H2,1-2H3. The molecular formula is C9H13ClN2. The maximum absolute atomic E-state index is 5.96. The number of hydrogen-bond donors (Lipinski definition) is 0. The van der Waals surface area contributed by atoms with E-state index < -0.39 is 0 Å². The molecule has 1 rings (SSSR count). The molecule has 66 valence electrons. The molecule has 12 heavy (non-hydrogen) atoms. The average molecular weight is 185 g/mol. The second kappa shape index (κ2) is 4.41. The van der Waals surface area contributed by atoms with Crippen molar-refractivity contribution in [2.24, 2.45) is 0 Å². The summed E-state index contributed by atoms with van der Waals surface area (Å²) in [6, 6.07) is 0. The molecule has 0 bridgehead atoms. The fraction of sp³-hybridized carbons (Fsp3) is 0.556. The van der Waals surface area contributed by atoms with Crippen molar-refractivity contribution in [3.8, 4) is 0 Å². The zero-order valence-electron chi connectivity index (χ0n) is 7.42. The fourth-order valence-electron chi connectivity index (χ4n) is 0.867. The molecule has 0 aliphatic rings. The third-order valence-electron chi connectivity index (χ3n) is 1.68. The molecule has 3 heteroatoms. The summed E-state index contributed by atoms with van der Waals surface area (Å²) in [6.45, 7) is 4.04. The van der Waals surface area contributed by atoms with E-state index in [-0.39, 0.29) is 5.38 Å². The number of nitrogens with zero attached hydrogens (tertiary/aromatic N) is 2. The first-order valence-corrected chi connectivity index (χ1v) is 4.57. The van der Waals surface area contributed by atoms with Gasteiger partial charge in [0, 0.05) is 24.2 Å². The fourth-order valence-corrected chi connectivity index (χ4v) is 1.01. The molecule has 0 aromatic carbocycles. The Kier molecular flexibility index (Phi) is 3.48. The quantitative estimate of drug-likeness (QED) is 0.674. The summed E-state index contributed by atoms with van der Waals surface area (Å²) in [5.74, 6) is 0.836. The highest BCUT2D eigenvalue weighted by atomic mass is 35.5. The molecule has 0 saturated carbocycles. The Bertz CT molecular complexity index is 233. The molecule has 0 saturated heterocycles. The summed E-state index contributed by atoms with van der Waals surface area (Å²) in [4.78, 5) is 8.34. The first kappa shape index (κ1) is 9.46. The molecule has 0 N–H and O–H groups in total. The van der Waals surface area contributed by atoms with Gasteiger partial charge >= 0.3 is 0 Å². The topological polar surface area (TPSA) is 25.8 Å². The number of halogens is 1. The van der Waals surface area contributed by atoms with Crippen LogP contribution in [0.25, 0.3) is 0 Å². The molecule has 2 nitrogen and oxygen atoms in total. The van der Waals surface area contributed by atoms with Crippen LogP contribution < -0.4 is 0 Å². The third-order valence-corrected chi connectivity index (χ3v) is 2.14. The van der Waals surface area contributed by atoms with Gasteiger partial charge in [-0.05, 0) is 18.9 Å². The van der Waals surface area contributed by atoms with E-state index in [1.54, 1.807) is 0 Å². The van der Waals surface area contributed by atoms with E-state index in [4.69, 9.17) is 11.6 Å². The van der Waals surface area contributed by atoms with Gasteiger partial charge in [-0.3, -0.25) is 0 Å². The van der Waals surface area contributed by atoms with Crippen LogP contribution in [-0.2, 0) is 6.42 Å². The Labute approximate surface area is 78.0 Å². The second-order valence-corrected chi connectivity index (χ2v) is 3.50. The molecule has 0 fully saturated rings. The van der Waals surface area contributed by atoms with Crippen molar-refractivity contribution in [3.05, 3.63) is 23.8 Å². The lowest BCUT2D eigenvalue weighted by Crippen LogP contribution is -2.05. The highest BCUT2D eigenvalue weighted by Gasteiger charge is 2.04. The predicted octanol–water partition coefficient (Wildman–Crippen LogP) is 2.34. The lowest BCUT2D eigenvalue weighted by Gasteiger charge is -2.03. The van der Waals surface area contributed by atoms with E-state index in [1.807, 2.05) is 19.3 Å². The van der Waals surface area contributed by atoms with Crippen LogP contribution in [0, 0.1) is 6.92 Å². The lowest BCUT2D eigenvalue weighted by molar-refractivity contribution is 0.759. The predicted molar refractivity (Wildman–Crippen MR) is 50.4 cm³/mol. The number of alkyl halides is 1. The Morgan fingerprint density at radius 1 is 1.42 bits per heavy atom. The Balaban J connectivity index is 2.58. The number of hydrogen-bond acceptors (Lipinski definition) is 2. The minimum atomic E-state index is 0.160. The van der Waals surface area contributed by atoms with Crippen LogP contribution in [0.3, 0.4) is 0 Å². The van der Waals surface area contributed by atoms with Gasteiger partial charge in [0.2, 0.25) is 0 Å². The monoisotopic (exact) mass is 184 g/mol. The molecule has 0 amide bonds. The number of rotatable bonds is 3. The van der Waals surface area contributed by atoms with Crippen molar-refractivity contribution in [2.45, 2.75) is 32.1 Å². The molecule has 0 aliphatic carbocycles. The molecule has 1 heterocycles. The van der Waals surface area contributed by atoms with Crippen LogP contribution in [0.4, 0.5) is 0 Å². The van der Waals surface area contributed by atoms with Crippen molar-refractivity contribution in [1.82, 2.24) is 9.97 Å². The molecular weight excluding hydrogens is 172 g/mol. The number of aromatic nitrogens is 2. The SMILES string of the molecule is CCC(Cl)Cc1ncc(C)cn1. The average Bonchev–Trinajstić information content (AvgIpc) is 2.09. The highest BCUT2D eigenvalue weighted by Crippen LogP contribution is 2.07. The van der Waals surface area contributed by atoms with Gasteiger partial charge in [-0.15, -0.1) is 11.6 Å². The highest BCUT2D eigenvalue weighted by molar-refractivity contribution is 6.20. The van der Waals surface area contributed by atoms with Crippen LogP contribution in [0.5, 0.6) is 0 Å². The minimum Gasteiger partial charge on any atom is -0.241 e. The summed E-state index contributed by atoms with van der Waals surface area (Å²) < 4.78 is 0. The summed E-state index contributed by atoms with van der Waals surface area (Å²) in [7, 11) is 0. The molecule has 1 aromatic rings. The summed E-state index contributed by atoms with van der Waals surface area (Å²) in [5.41, 5.74) is 1.08. The normalized spacial score (nSPS) is 12.9. The van der Waals surface area contributed by atoms with E-state index in [1.165, 1.54) is 0 Å².